The molecule has 0 aromatic rings. The molecule has 0 aliphatic rings. The summed E-state index contributed by atoms with van der Waals surface area (Å²) in [5.74, 6) is -1.02. The zero-order valence-corrected chi connectivity index (χ0v) is 11.4. The van der Waals surface area contributed by atoms with Gasteiger partial charge in [-0.05, 0) is 20.3 Å². The van der Waals surface area contributed by atoms with Crippen LogP contribution < -0.4 is 0 Å². The van der Waals surface area contributed by atoms with E-state index in [4.69, 9.17) is 18.9 Å². The van der Waals surface area contributed by atoms with Crippen molar-refractivity contribution in [2.45, 2.75) is 33.3 Å². The summed E-state index contributed by atoms with van der Waals surface area (Å²) in [4.78, 5) is 10.7. The number of aliphatic carboxylic acids is 1. The molecule has 0 aliphatic carbocycles. The SMILES string of the molecule is CCOP(=O)(CCOC(CC)C(=O)O)OCC. The molecule has 1 N–H and O–H groups in total. The van der Waals surface area contributed by atoms with Gasteiger partial charge in [-0.2, -0.15) is 0 Å². The summed E-state index contributed by atoms with van der Waals surface area (Å²) in [5.41, 5.74) is 0. The predicted molar refractivity (Wildman–Crippen MR) is 63.4 cm³/mol. The summed E-state index contributed by atoms with van der Waals surface area (Å²) in [6.07, 6.45) is -0.437. The Morgan fingerprint density at radius 2 is 1.76 bits per heavy atom. The summed E-state index contributed by atoms with van der Waals surface area (Å²) < 4.78 is 27.2. The van der Waals surface area contributed by atoms with E-state index in [-0.39, 0.29) is 26.0 Å². The summed E-state index contributed by atoms with van der Waals surface area (Å²) in [5, 5.41) is 8.75. The normalized spacial score (nSPS) is 13.6. The van der Waals surface area contributed by atoms with E-state index < -0.39 is 19.7 Å². The number of hydrogen-bond acceptors (Lipinski definition) is 5. The quantitative estimate of drug-likeness (QED) is 0.611. The first-order valence-corrected chi connectivity index (χ1v) is 7.44. The van der Waals surface area contributed by atoms with Gasteiger partial charge in [0.05, 0.1) is 26.0 Å². The van der Waals surface area contributed by atoms with E-state index in [1.807, 2.05) is 0 Å². The molecule has 0 saturated carbocycles. The molecule has 0 spiro atoms. The first kappa shape index (κ1) is 16.6. The molecule has 0 rings (SSSR count). The second-order valence-corrected chi connectivity index (χ2v) is 5.46. The highest BCUT2D eigenvalue weighted by atomic mass is 31.2. The monoisotopic (exact) mass is 268 g/mol. The Morgan fingerprint density at radius 3 is 2.12 bits per heavy atom. The zero-order valence-electron chi connectivity index (χ0n) is 10.5. The highest BCUT2D eigenvalue weighted by molar-refractivity contribution is 7.53. The van der Waals surface area contributed by atoms with Gasteiger partial charge in [0.25, 0.3) is 0 Å². The van der Waals surface area contributed by atoms with E-state index >= 15 is 0 Å². The van der Waals surface area contributed by atoms with Gasteiger partial charge >= 0.3 is 13.6 Å². The summed E-state index contributed by atoms with van der Waals surface area (Å²) in [7, 11) is -3.13. The maximum Gasteiger partial charge on any atom is 0.332 e. The van der Waals surface area contributed by atoms with Crippen LogP contribution in [0.5, 0.6) is 0 Å². The molecular formula is C10H21O6P. The average molecular weight is 268 g/mol. The topological polar surface area (TPSA) is 82.1 Å². The van der Waals surface area contributed by atoms with E-state index in [2.05, 4.69) is 0 Å². The number of carboxylic acid groups (broad SMARTS) is 1. The fourth-order valence-electron chi connectivity index (χ4n) is 1.23. The Balaban J connectivity index is 4.13. The van der Waals surface area contributed by atoms with Crippen molar-refractivity contribution in [2.75, 3.05) is 26.0 Å². The first-order chi connectivity index (χ1) is 7.99. The first-order valence-electron chi connectivity index (χ1n) is 5.71. The van der Waals surface area contributed by atoms with Gasteiger partial charge in [0.15, 0.2) is 6.10 Å². The van der Waals surface area contributed by atoms with Crippen LogP contribution in [0.25, 0.3) is 0 Å². The third kappa shape index (κ3) is 6.78. The highest BCUT2D eigenvalue weighted by Crippen LogP contribution is 2.47. The Bertz CT molecular complexity index is 258. The Labute approximate surface area is 102 Å². The minimum absolute atomic E-state index is 0.0437. The minimum atomic E-state index is -3.13. The molecule has 1 unspecified atom stereocenters. The molecule has 0 aromatic heterocycles. The Kier molecular flexibility index (Phi) is 8.43. The van der Waals surface area contributed by atoms with Crippen LogP contribution in [0, 0.1) is 0 Å². The second kappa shape index (κ2) is 8.64. The molecule has 0 aromatic carbocycles. The van der Waals surface area contributed by atoms with Crippen LogP contribution in [0.1, 0.15) is 27.2 Å². The highest BCUT2D eigenvalue weighted by Gasteiger charge is 2.24. The van der Waals surface area contributed by atoms with Crippen molar-refractivity contribution in [1.29, 1.82) is 0 Å². The molecule has 0 radical (unpaired) electrons. The number of carbonyl (C=O) groups is 1. The third-order valence-corrected chi connectivity index (χ3v) is 4.02. The van der Waals surface area contributed by atoms with E-state index in [0.29, 0.717) is 6.42 Å². The molecule has 0 fully saturated rings. The molecule has 102 valence electrons. The fraction of sp³-hybridized carbons (Fsp3) is 0.900. The zero-order chi connectivity index (χ0) is 13.3. The smallest absolute Gasteiger partial charge is 0.332 e. The van der Waals surface area contributed by atoms with E-state index in [9.17, 15) is 9.36 Å². The van der Waals surface area contributed by atoms with Crippen LogP contribution in [-0.4, -0.2) is 43.2 Å². The fourth-order valence-corrected chi connectivity index (χ4v) is 2.68. The van der Waals surface area contributed by atoms with Crippen LogP contribution >= 0.6 is 7.60 Å². The summed E-state index contributed by atoms with van der Waals surface area (Å²) in [6, 6.07) is 0. The maximum absolute atomic E-state index is 12.0. The number of rotatable bonds is 10. The molecule has 7 heteroatoms. The van der Waals surface area contributed by atoms with Crippen molar-refractivity contribution in [1.82, 2.24) is 0 Å². The molecule has 0 aliphatic heterocycles. The van der Waals surface area contributed by atoms with Crippen LogP contribution in [0.15, 0.2) is 0 Å². The van der Waals surface area contributed by atoms with Crippen molar-refractivity contribution in [2.24, 2.45) is 0 Å². The van der Waals surface area contributed by atoms with Crippen LogP contribution in [0.2, 0.25) is 0 Å². The predicted octanol–water partition coefficient (Wildman–Crippen LogP) is 2.13. The van der Waals surface area contributed by atoms with E-state index in [1.54, 1.807) is 20.8 Å². The van der Waals surface area contributed by atoms with E-state index in [1.165, 1.54) is 0 Å². The molecule has 0 heterocycles. The van der Waals surface area contributed by atoms with Gasteiger partial charge in [0.2, 0.25) is 0 Å². The number of hydrogen-bond donors (Lipinski definition) is 1. The lowest BCUT2D eigenvalue weighted by Crippen LogP contribution is -2.24. The summed E-state index contributed by atoms with van der Waals surface area (Å²) >= 11 is 0. The van der Waals surface area contributed by atoms with Crippen LogP contribution in [-0.2, 0) is 23.1 Å². The second-order valence-electron chi connectivity index (χ2n) is 3.28. The molecule has 6 nitrogen and oxygen atoms in total. The minimum Gasteiger partial charge on any atom is -0.479 e. The van der Waals surface area contributed by atoms with Crippen molar-refractivity contribution >= 4 is 13.6 Å². The lowest BCUT2D eigenvalue weighted by molar-refractivity contribution is -0.150. The Morgan fingerprint density at radius 1 is 1.24 bits per heavy atom. The average Bonchev–Trinajstić information content (AvgIpc) is 2.24. The third-order valence-electron chi connectivity index (χ3n) is 1.98. The molecule has 17 heavy (non-hydrogen) atoms. The standard InChI is InChI=1S/C10H21O6P/c1-4-9(10(11)12)14-7-8-17(13,15-5-2)16-6-3/h9H,4-8H2,1-3H3,(H,11,12). The van der Waals surface area contributed by atoms with Gasteiger partial charge in [-0.15, -0.1) is 0 Å². The van der Waals surface area contributed by atoms with Gasteiger partial charge in [-0.3, -0.25) is 4.57 Å². The van der Waals surface area contributed by atoms with Crippen molar-refractivity contribution in [3.8, 4) is 0 Å². The lowest BCUT2D eigenvalue weighted by Gasteiger charge is -2.18. The lowest BCUT2D eigenvalue weighted by atomic mass is 10.3. The number of ether oxygens (including phenoxy) is 1. The molecule has 0 amide bonds. The van der Waals surface area contributed by atoms with Crippen molar-refractivity contribution in [3.63, 3.8) is 0 Å². The van der Waals surface area contributed by atoms with Crippen LogP contribution in [0.3, 0.4) is 0 Å². The molecule has 0 saturated heterocycles. The largest absolute Gasteiger partial charge is 0.479 e. The van der Waals surface area contributed by atoms with E-state index in [0.717, 1.165) is 0 Å². The molecule has 0 bridgehead atoms. The van der Waals surface area contributed by atoms with Gasteiger partial charge in [-0.25, -0.2) is 4.79 Å². The number of carboxylic acids is 1. The van der Waals surface area contributed by atoms with Gasteiger partial charge < -0.3 is 18.9 Å². The van der Waals surface area contributed by atoms with Crippen molar-refractivity contribution < 1.29 is 28.3 Å². The Hall–Kier alpha value is -0.420. The maximum atomic E-state index is 12.0. The van der Waals surface area contributed by atoms with Crippen LogP contribution in [0.4, 0.5) is 0 Å². The van der Waals surface area contributed by atoms with Gasteiger partial charge in [0, 0.05) is 0 Å². The van der Waals surface area contributed by atoms with Gasteiger partial charge in [0.1, 0.15) is 0 Å². The van der Waals surface area contributed by atoms with Gasteiger partial charge in [-0.1, -0.05) is 6.92 Å². The molecule has 1 atom stereocenters. The molecular weight excluding hydrogens is 247 g/mol. The summed E-state index contributed by atoms with van der Waals surface area (Å²) in [6.45, 7) is 5.77. The van der Waals surface area contributed by atoms with Crippen molar-refractivity contribution in [3.05, 3.63) is 0 Å².